The molecule has 23 heavy (non-hydrogen) atoms. The Kier molecular flexibility index (Phi) is 4.66. The highest BCUT2D eigenvalue weighted by Crippen LogP contribution is 2.38. The molecule has 1 aromatic carbocycles. The molecule has 3 rings (SSSR count). The second-order valence-electron chi connectivity index (χ2n) is 5.69. The molecule has 118 valence electrons. The van der Waals surface area contributed by atoms with Crippen LogP contribution in [0.15, 0.2) is 54.7 Å². The van der Waals surface area contributed by atoms with Crippen molar-refractivity contribution in [3.8, 4) is 0 Å². The third-order valence-corrected chi connectivity index (χ3v) is 3.94. The number of nitrogens with one attached hydrogen (secondary N) is 2. The predicted octanol–water partition coefficient (Wildman–Crippen LogP) is 1.65. The van der Waals surface area contributed by atoms with Crippen molar-refractivity contribution in [2.24, 2.45) is 11.8 Å². The SMILES string of the molecule is O=C(NCc1ccccc1)C1CC1C(=O)NCc1ccccn1. The summed E-state index contributed by atoms with van der Waals surface area (Å²) < 4.78 is 0. The maximum Gasteiger partial charge on any atom is 0.224 e. The minimum atomic E-state index is -0.213. The van der Waals surface area contributed by atoms with Crippen molar-refractivity contribution in [3.63, 3.8) is 0 Å². The molecular weight excluding hydrogens is 290 g/mol. The number of carbonyl (C=O) groups excluding carboxylic acids is 2. The summed E-state index contributed by atoms with van der Waals surface area (Å²) >= 11 is 0. The van der Waals surface area contributed by atoms with Crippen molar-refractivity contribution < 1.29 is 9.59 Å². The normalized spacial score (nSPS) is 19.0. The first kappa shape index (κ1) is 15.2. The molecule has 1 aliphatic carbocycles. The molecule has 5 nitrogen and oxygen atoms in total. The van der Waals surface area contributed by atoms with Gasteiger partial charge in [0.15, 0.2) is 0 Å². The van der Waals surface area contributed by atoms with Gasteiger partial charge in [0.1, 0.15) is 0 Å². The van der Waals surface area contributed by atoms with E-state index in [0.717, 1.165) is 11.3 Å². The van der Waals surface area contributed by atoms with E-state index in [2.05, 4.69) is 15.6 Å². The molecular formula is C18H19N3O2. The van der Waals surface area contributed by atoms with E-state index in [1.54, 1.807) is 6.20 Å². The van der Waals surface area contributed by atoms with Crippen LogP contribution in [0.25, 0.3) is 0 Å². The molecule has 1 saturated carbocycles. The first-order chi connectivity index (χ1) is 11.2. The maximum absolute atomic E-state index is 12.1. The van der Waals surface area contributed by atoms with Gasteiger partial charge in [0.2, 0.25) is 11.8 Å². The molecule has 0 saturated heterocycles. The molecule has 0 aliphatic heterocycles. The fourth-order valence-electron chi connectivity index (χ4n) is 2.50. The van der Waals surface area contributed by atoms with E-state index >= 15 is 0 Å². The summed E-state index contributed by atoms with van der Waals surface area (Å²) in [6, 6.07) is 15.3. The van der Waals surface area contributed by atoms with E-state index in [0.29, 0.717) is 19.5 Å². The van der Waals surface area contributed by atoms with Crippen LogP contribution in [-0.4, -0.2) is 16.8 Å². The van der Waals surface area contributed by atoms with Gasteiger partial charge in [0, 0.05) is 12.7 Å². The Bertz CT molecular complexity index is 614. The van der Waals surface area contributed by atoms with Gasteiger partial charge in [-0.3, -0.25) is 14.6 Å². The summed E-state index contributed by atoms with van der Waals surface area (Å²) in [6.45, 7) is 0.896. The number of nitrogens with zero attached hydrogens (tertiary/aromatic N) is 1. The highest BCUT2D eigenvalue weighted by atomic mass is 16.2. The second-order valence-corrected chi connectivity index (χ2v) is 5.69. The van der Waals surface area contributed by atoms with Crippen LogP contribution in [0.5, 0.6) is 0 Å². The summed E-state index contributed by atoms with van der Waals surface area (Å²) in [5.74, 6) is -0.542. The van der Waals surface area contributed by atoms with Gasteiger partial charge < -0.3 is 10.6 Å². The van der Waals surface area contributed by atoms with Gasteiger partial charge in [-0.25, -0.2) is 0 Å². The summed E-state index contributed by atoms with van der Waals surface area (Å²) in [7, 11) is 0. The molecule has 2 amide bonds. The third kappa shape index (κ3) is 4.16. The van der Waals surface area contributed by atoms with Crippen LogP contribution in [0.1, 0.15) is 17.7 Å². The fourth-order valence-corrected chi connectivity index (χ4v) is 2.50. The number of benzene rings is 1. The van der Waals surface area contributed by atoms with E-state index in [9.17, 15) is 9.59 Å². The van der Waals surface area contributed by atoms with Gasteiger partial charge in [-0.1, -0.05) is 36.4 Å². The molecule has 2 N–H and O–H groups in total. The van der Waals surface area contributed by atoms with Crippen LogP contribution < -0.4 is 10.6 Å². The van der Waals surface area contributed by atoms with E-state index < -0.39 is 0 Å². The largest absolute Gasteiger partial charge is 0.352 e. The fraction of sp³-hybridized carbons (Fsp3) is 0.278. The second kappa shape index (κ2) is 7.05. The smallest absolute Gasteiger partial charge is 0.224 e. The number of amides is 2. The Labute approximate surface area is 135 Å². The molecule has 0 bridgehead atoms. The van der Waals surface area contributed by atoms with E-state index in [1.165, 1.54) is 0 Å². The first-order valence-electron chi connectivity index (χ1n) is 7.73. The molecule has 1 aromatic heterocycles. The van der Waals surface area contributed by atoms with Gasteiger partial charge in [-0.05, 0) is 24.1 Å². The number of hydrogen-bond donors (Lipinski definition) is 2. The number of pyridine rings is 1. The van der Waals surface area contributed by atoms with Crippen molar-refractivity contribution >= 4 is 11.8 Å². The summed E-state index contributed by atoms with van der Waals surface area (Å²) in [6.07, 6.45) is 2.31. The van der Waals surface area contributed by atoms with Crippen LogP contribution in [0.2, 0.25) is 0 Å². The average Bonchev–Trinajstić information content (AvgIpc) is 3.40. The lowest BCUT2D eigenvalue weighted by atomic mass is 10.2. The highest BCUT2D eigenvalue weighted by Gasteiger charge is 2.47. The summed E-state index contributed by atoms with van der Waals surface area (Å²) in [5, 5.41) is 5.73. The van der Waals surface area contributed by atoms with Crippen molar-refractivity contribution in [2.75, 3.05) is 0 Å². The lowest BCUT2D eigenvalue weighted by Crippen LogP contribution is -2.29. The molecule has 1 aliphatic rings. The van der Waals surface area contributed by atoms with Crippen molar-refractivity contribution in [1.29, 1.82) is 0 Å². The molecule has 2 unspecified atom stereocenters. The van der Waals surface area contributed by atoms with Gasteiger partial charge in [0.05, 0.1) is 24.1 Å². The summed E-state index contributed by atoms with van der Waals surface area (Å²) in [4.78, 5) is 28.3. The molecule has 5 heteroatoms. The van der Waals surface area contributed by atoms with Crippen molar-refractivity contribution in [3.05, 3.63) is 66.0 Å². The molecule has 2 atom stereocenters. The van der Waals surface area contributed by atoms with E-state index in [4.69, 9.17) is 0 Å². The standard InChI is InChI=1S/C18H19N3O2/c22-17(20-11-13-6-2-1-3-7-13)15-10-16(15)18(23)21-12-14-8-4-5-9-19-14/h1-9,15-16H,10-12H2,(H,20,22)(H,21,23). The molecule has 1 heterocycles. The van der Waals surface area contributed by atoms with Crippen LogP contribution in [0.4, 0.5) is 0 Å². The van der Waals surface area contributed by atoms with Gasteiger partial charge >= 0.3 is 0 Å². The Morgan fingerprint density at radius 2 is 1.57 bits per heavy atom. The number of rotatable bonds is 6. The zero-order chi connectivity index (χ0) is 16.1. The Morgan fingerprint density at radius 3 is 2.22 bits per heavy atom. The Hall–Kier alpha value is -2.69. The van der Waals surface area contributed by atoms with Crippen LogP contribution >= 0.6 is 0 Å². The molecule has 0 spiro atoms. The van der Waals surface area contributed by atoms with Gasteiger partial charge in [-0.15, -0.1) is 0 Å². The zero-order valence-corrected chi connectivity index (χ0v) is 12.7. The van der Waals surface area contributed by atoms with Crippen molar-refractivity contribution in [1.82, 2.24) is 15.6 Å². The Balaban J connectivity index is 1.41. The van der Waals surface area contributed by atoms with Gasteiger partial charge in [-0.2, -0.15) is 0 Å². The maximum atomic E-state index is 12.1. The molecule has 2 aromatic rings. The molecule has 1 fully saturated rings. The van der Waals surface area contributed by atoms with E-state index in [1.807, 2.05) is 48.5 Å². The van der Waals surface area contributed by atoms with Crippen molar-refractivity contribution in [2.45, 2.75) is 19.5 Å². The number of carbonyl (C=O) groups is 2. The van der Waals surface area contributed by atoms with Gasteiger partial charge in [0.25, 0.3) is 0 Å². The van der Waals surface area contributed by atoms with E-state index in [-0.39, 0.29) is 23.7 Å². The lowest BCUT2D eigenvalue weighted by molar-refractivity contribution is -0.127. The molecule has 0 radical (unpaired) electrons. The minimum absolute atomic E-state index is 0.0492. The first-order valence-corrected chi connectivity index (χ1v) is 7.73. The quantitative estimate of drug-likeness (QED) is 0.852. The topological polar surface area (TPSA) is 71.1 Å². The average molecular weight is 309 g/mol. The minimum Gasteiger partial charge on any atom is -0.352 e. The van der Waals surface area contributed by atoms with Crippen LogP contribution in [0, 0.1) is 11.8 Å². The highest BCUT2D eigenvalue weighted by molar-refractivity contribution is 5.92. The lowest BCUT2D eigenvalue weighted by Gasteiger charge is -2.06. The third-order valence-electron chi connectivity index (χ3n) is 3.94. The number of hydrogen-bond acceptors (Lipinski definition) is 3. The van der Waals surface area contributed by atoms with Crippen LogP contribution in [0.3, 0.4) is 0 Å². The number of aromatic nitrogens is 1. The zero-order valence-electron chi connectivity index (χ0n) is 12.7. The monoisotopic (exact) mass is 309 g/mol. The Morgan fingerprint density at radius 1 is 0.913 bits per heavy atom. The van der Waals surface area contributed by atoms with Crippen LogP contribution in [-0.2, 0) is 22.7 Å². The summed E-state index contributed by atoms with van der Waals surface area (Å²) in [5.41, 5.74) is 1.87. The predicted molar refractivity (Wildman–Crippen MR) is 86.0 cm³/mol.